The van der Waals surface area contributed by atoms with Crippen LogP contribution >= 0.6 is 0 Å². The number of carbonyl (C=O) groups is 3. The summed E-state index contributed by atoms with van der Waals surface area (Å²) in [4.78, 5) is 35.7. The molecular formula is C25H24N2O4. The van der Waals surface area contributed by atoms with Gasteiger partial charge >= 0.3 is 5.97 Å². The van der Waals surface area contributed by atoms with E-state index in [1.165, 1.54) is 6.92 Å². The van der Waals surface area contributed by atoms with Crippen LogP contribution in [-0.2, 0) is 25.5 Å². The van der Waals surface area contributed by atoms with Crippen molar-refractivity contribution in [2.45, 2.75) is 19.4 Å². The van der Waals surface area contributed by atoms with E-state index in [4.69, 9.17) is 4.74 Å². The first-order chi connectivity index (χ1) is 15.0. The molecule has 6 nitrogen and oxygen atoms in total. The Morgan fingerprint density at radius 1 is 0.806 bits per heavy atom. The van der Waals surface area contributed by atoms with E-state index in [0.29, 0.717) is 5.69 Å². The number of anilines is 1. The lowest BCUT2D eigenvalue weighted by Crippen LogP contribution is -2.33. The summed E-state index contributed by atoms with van der Waals surface area (Å²) in [6.07, 6.45) is 0.0361. The molecule has 0 fully saturated rings. The predicted octanol–water partition coefficient (Wildman–Crippen LogP) is 3.64. The number of hydrogen-bond donors (Lipinski definition) is 2. The SMILES string of the molecule is CC(=O)Nc1ccc(CC(=O)OCC(=O)NC(c2ccccc2)c2ccccc2)cc1. The maximum atomic E-state index is 12.5. The molecule has 0 unspecified atom stereocenters. The van der Waals surface area contributed by atoms with Crippen molar-refractivity contribution in [1.29, 1.82) is 0 Å². The second-order valence-electron chi connectivity index (χ2n) is 7.04. The van der Waals surface area contributed by atoms with Crippen LogP contribution in [0.15, 0.2) is 84.9 Å². The second-order valence-corrected chi connectivity index (χ2v) is 7.04. The van der Waals surface area contributed by atoms with E-state index >= 15 is 0 Å². The van der Waals surface area contributed by atoms with E-state index in [0.717, 1.165) is 16.7 Å². The quantitative estimate of drug-likeness (QED) is 0.549. The summed E-state index contributed by atoms with van der Waals surface area (Å²) in [6.45, 7) is 1.06. The molecule has 3 aromatic rings. The van der Waals surface area contributed by atoms with Gasteiger partial charge in [-0.1, -0.05) is 72.8 Å². The van der Waals surface area contributed by atoms with Gasteiger partial charge in [0.2, 0.25) is 5.91 Å². The summed E-state index contributed by atoms with van der Waals surface area (Å²) in [5.74, 6) is -1.05. The van der Waals surface area contributed by atoms with Gasteiger partial charge in [0.25, 0.3) is 5.91 Å². The van der Waals surface area contributed by atoms with E-state index in [-0.39, 0.29) is 30.9 Å². The third-order valence-corrected chi connectivity index (χ3v) is 4.56. The third kappa shape index (κ3) is 6.82. The van der Waals surface area contributed by atoms with Crippen LogP contribution in [0.2, 0.25) is 0 Å². The van der Waals surface area contributed by atoms with Crippen LogP contribution < -0.4 is 10.6 Å². The van der Waals surface area contributed by atoms with Crippen molar-refractivity contribution in [3.8, 4) is 0 Å². The molecule has 0 aliphatic carbocycles. The molecule has 0 atom stereocenters. The molecule has 31 heavy (non-hydrogen) atoms. The van der Waals surface area contributed by atoms with Crippen LogP contribution in [0, 0.1) is 0 Å². The smallest absolute Gasteiger partial charge is 0.310 e. The van der Waals surface area contributed by atoms with Gasteiger partial charge in [0.05, 0.1) is 12.5 Å². The number of carbonyl (C=O) groups excluding carboxylic acids is 3. The van der Waals surface area contributed by atoms with Crippen molar-refractivity contribution >= 4 is 23.5 Å². The Morgan fingerprint density at radius 2 is 1.35 bits per heavy atom. The van der Waals surface area contributed by atoms with Gasteiger partial charge in [-0.3, -0.25) is 14.4 Å². The average Bonchev–Trinajstić information content (AvgIpc) is 2.78. The van der Waals surface area contributed by atoms with Crippen LogP contribution in [-0.4, -0.2) is 24.4 Å². The lowest BCUT2D eigenvalue weighted by molar-refractivity contribution is -0.148. The van der Waals surface area contributed by atoms with E-state index in [1.54, 1.807) is 24.3 Å². The fourth-order valence-corrected chi connectivity index (χ4v) is 3.13. The van der Waals surface area contributed by atoms with Gasteiger partial charge in [-0.2, -0.15) is 0 Å². The first-order valence-corrected chi connectivity index (χ1v) is 9.92. The van der Waals surface area contributed by atoms with E-state index in [2.05, 4.69) is 10.6 Å². The molecule has 6 heteroatoms. The minimum Gasteiger partial charge on any atom is -0.455 e. The van der Waals surface area contributed by atoms with E-state index in [1.807, 2.05) is 60.7 Å². The van der Waals surface area contributed by atoms with Crippen LogP contribution in [0.5, 0.6) is 0 Å². The van der Waals surface area contributed by atoms with Gasteiger partial charge in [-0.05, 0) is 28.8 Å². The van der Waals surface area contributed by atoms with Gasteiger partial charge in [0, 0.05) is 12.6 Å². The van der Waals surface area contributed by atoms with Crippen molar-refractivity contribution in [1.82, 2.24) is 5.32 Å². The standard InChI is InChI=1S/C25H24N2O4/c1-18(28)26-22-14-12-19(13-15-22)16-24(30)31-17-23(29)27-25(20-8-4-2-5-9-20)21-10-6-3-7-11-21/h2-15,25H,16-17H2,1H3,(H,26,28)(H,27,29). The number of nitrogens with one attached hydrogen (secondary N) is 2. The van der Waals surface area contributed by atoms with E-state index < -0.39 is 5.97 Å². The Hall–Kier alpha value is -3.93. The van der Waals surface area contributed by atoms with Crippen LogP contribution in [0.3, 0.4) is 0 Å². The fraction of sp³-hybridized carbons (Fsp3) is 0.160. The van der Waals surface area contributed by atoms with Crippen molar-refractivity contribution in [3.05, 3.63) is 102 Å². The molecule has 3 aromatic carbocycles. The summed E-state index contributed by atoms with van der Waals surface area (Å²) >= 11 is 0. The molecule has 158 valence electrons. The van der Waals surface area contributed by atoms with Gasteiger partial charge in [0.1, 0.15) is 0 Å². The minimum atomic E-state index is -0.501. The van der Waals surface area contributed by atoms with Gasteiger partial charge in [-0.15, -0.1) is 0 Å². The first-order valence-electron chi connectivity index (χ1n) is 9.92. The molecule has 3 rings (SSSR count). The van der Waals surface area contributed by atoms with Crippen molar-refractivity contribution in [2.24, 2.45) is 0 Å². The molecule has 0 aliphatic rings. The molecule has 0 saturated carbocycles. The molecule has 0 aromatic heterocycles. The van der Waals surface area contributed by atoms with Gasteiger partial charge in [0.15, 0.2) is 6.61 Å². The Balaban J connectivity index is 1.55. The van der Waals surface area contributed by atoms with Crippen LogP contribution in [0.25, 0.3) is 0 Å². The average molecular weight is 416 g/mol. The first kappa shape index (κ1) is 21.8. The molecule has 0 radical (unpaired) electrons. The number of benzene rings is 3. The highest BCUT2D eigenvalue weighted by molar-refractivity contribution is 5.88. The Morgan fingerprint density at radius 3 is 1.87 bits per heavy atom. The van der Waals surface area contributed by atoms with Gasteiger partial charge in [-0.25, -0.2) is 0 Å². The summed E-state index contributed by atoms with van der Waals surface area (Å²) in [7, 11) is 0. The summed E-state index contributed by atoms with van der Waals surface area (Å²) in [5.41, 5.74) is 3.25. The molecule has 0 aliphatic heterocycles. The van der Waals surface area contributed by atoms with Crippen LogP contribution in [0.4, 0.5) is 5.69 Å². The topological polar surface area (TPSA) is 84.5 Å². The summed E-state index contributed by atoms with van der Waals surface area (Å²) < 4.78 is 5.15. The maximum absolute atomic E-state index is 12.5. The molecular weight excluding hydrogens is 392 g/mol. The Bertz CT molecular complexity index is 979. The molecule has 2 amide bonds. The normalized spacial score (nSPS) is 10.4. The lowest BCUT2D eigenvalue weighted by Gasteiger charge is -2.20. The minimum absolute atomic E-state index is 0.0361. The number of hydrogen-bond acceptors (Lipinski definition) is 4. The summed E-state index contributed by atoms with van der Waals surface area (Å²) in [6, 6.07) is 25.8. The highest BCUT2D eigenvalue weighted by Crippen LogP contribution is 2.21. The zero-order valence-corrected chi connectivity index (χ0v) is 17.2. The van der Waals surface area contributed by atoms with Crippen molar-refractivity contribution in [3.63, 3.8) is 0 Å². The molecule has 2 N–H and O–H groups in total. The maximum Gasteiger partial charge on any atom is 0.310 e. The molecule has 0 bridgehead atoms. The Kier molecular flexibility index (Phi) is 7.54. The largest absolute Gasteiger partial charge is 0.455 e. The van der Waals surface area contributed by atoms with E-state index in [9.17, 15) is 14.4 Å². The Labute approximate surface area is 181 Å². The number of ether oxygens (including phenoxy) is 1. The molecule has 0 spiro atoms. The number of esters is 1. The van der Waals surface area contributed by atoms with Gasteiger partial charge < -0.3 is 15.4 Å². The number of amides is 2. The third-order valence-electron chi connectivity index (χ3n) is 4.56. The monoisotopic (exact) mass is 416 g/mol. The highest BCUT2D eigenvalue weighted by Gasteiger charge is 2.17. The predicted molar refractivity (Wildman–Crippen MR) is 118 cm³/mol. The second kappa shape index (κ2) is 10.7. The zero-order chi connectivity index (χ0) is 22.1. The van der Waals surface area contributed by atoms with Crippen LogP contribution in [0.1, 0.15) is 29.7 Å². The zero-order valence-electron chi connectivity index (χ0n) is 17.2. The summed E-state index contributed by atoms with van der Waals surface area (Å²) in [5, 5.41) is 5.60. The molecule has 0 heterocycles. The number of rotatable bonds is 8. The lowest BCUT2D eigenvalue weighted by atomic mass is 9.99. The fourth-order valence-electron chi connectivity index (χ4n) is 3.13. The van der Waals surface area contributed by atoms with Crippen molar-refractivity contribution < 1.29 is 19.1 Å². The molecule has 0 saturated heterocycles. The highest BCUT2D eigenvalue weighted by atomic mass is 16.5. The van der Waals surface area contributed by atoms with Crippen molar-refractivity contribution in [2.75, 3.05) is 11.9 Å².